The molecule has 0 aromatic heterocycles. The summed E-state index contributed by atoms with van der Waals surface area (Å²) in [5.41, 5.74) is 1.95. The van der Waals surface area contributed by atoms with Crippen molar-refractivity contribution >= 4 is 11.6 Å². The van der Waals surface area contributed by atoms with E-state index < -0.39 is 6.10 Å². The summed E-state index contributed by atoms with van der Waals surface area (Å²) < 4.78 is 10.9. The van der Waals surface area contributed by atoms with Crippen LogP contribution in [0.15, 0.2) is 42.5 Å². The SMILES string of the molecule is CCOc1c(Cl)cc(C[NH2+]C[C@H](O)c2ccccc2)cc1OC. The smallest absolute Gasteiger partial charge is 0.179 e. The van der Waals surface area contributed by atoms with Gasteiger partial charge in [0, 0.05) is 5.56 Å². The third-order valence-corrected chi connectivity index (χ3v) is 3.81. The van der Waals surface area contributed by atoms with Crippen molar-refractivity contribution in [1.82, 2.24) is 0 Å². The highest BCUT2D eigenvalue weighted by Crippen LogP contribution is 2.36. The van der Waals surface area contributed by atoms with Gasteiger partial charge in [0.2, 0.25) is 0 Å². The molecule has 0 amide bonds. The molecule has 4 nitrogen and oxygen atoms in total. The Kier molecular flexibility index (Phi) is 6.71. The van der Waals surface area contributed by atoms with Crippen molar-refractivity contribution < 1.29 is 19.9 Å². The fraction of sp³-hybridized carbons (Fsp3) is 0.333. The van der Waals surface area contributed by atoms with Gasteiger partial charge in [0.1, 0.15) is 19.2 Å². The Bertz CT molecular complexity index is 619. The van der Waals surface area contributed by atoms with Crippen molar-refractivity contribution in [2.24, 2.45) is 0 Å². The minimum absolute atomic E-state index is 0.490. The second-order valence-electron chi connectivity index (χ2n) is 5.20. The largest absolute Gasteiger partial charge is 0.493 e. The molecule has 0 heterocycles. The van der Waals surface area contributed by atoms with Gasteiger partial charge in [-0.2, -0.15) is 0 Å². The van der Waals surface area contributed by atoms with E-state index in [9.17, 15) is 5.11 Å². The van der Waals surface area contributed by atoms with E-state index in [4.69, 9.17) is 21.1 Å². The van der Waals surface area contributed by atoms with Crippen molar-refractivity contribution in [3.8, 4) is 11.5 Å². The maximum absolute atomic E-state index is 10.2. The first-order chi connectivity index (χ1) is 11.2. The summed E-state index contributed by atoms with van der Waals surface area (Å²) in [5.74, 6) is 1.20. The molecule has 0 spiro atoms. The number of hydrogen-bond acceptors (Lipinski definition) is 3. The number of ether oxygens (including phenoxy) is 2. The van der Waals surface area contributed by atoms with Gasteiger partial charge in [-0.1, -0.05) is 41.9 Å². The average Bonchev–Trinajstić information content (AvgIpc) is 2.57. The van der Waals surface area contributed by atoms with E-state index in [1.807, 2.05) is 54.7 Å². The number of nitrogens with two attached hydrogens (primary N) is 1. The number of hydrogen-bond donors (Lipinski definition) is 2. The molecule has 2 rings (SSSR count). The maximum Gasteiger partial charge on any atom is 0.179 e. The van der Waals surface area contributed by atoms with Crippen LogP contribution < -0.4 is 14.8 Å². The number of quaternary nitrogens is 1. The lowest BCUT2D eigenvalue weighted by Crippen LogP contribution is -2.83. The Morgan fingerprint density at radius 2 is 1.96 bits per heavy atom. The van der Waals surface area contributed by atoms with Gasteiger partial charge in [-0.25, -0.2) is 0 Å². The Hall–Kier alpha value is -1.75. The van der Waals surface area contributed by atoms with Crippen LogP contribution in [0.1, 0.15) is 24.2 Å². The Morgan fingerprint density at radius 1 is 1.22 bits per heavy atom. The third kappa shape index (κ3) is 4.86. The van der Waals surface area contributed by atoms with E-state index in [2.05, 4.69) is 0 Å². The Labute approximate surface area is 142 Å². The predicted octanol–water partition coefficient (Wildman–Crippen LogP) is 2.54. The van der Waals surface area contributed by atoms with E-state index in [1.54, 1.807) is 7.11 Å². The van der Waals surface area contributed by atoms with Crippen LogP contribution in [0.5, 0.6) is 11.5 Å². The molecule has 0 saturated heterocycles. The number of aliphatic hydroxyl groups excluding tert-OH is 1. The summed E-state index contributed by atoms with van der Waals surface area (Å²) in [4.78, 5) is 0. The minimum atomic E-state index is -0.490. The van der Waals surface area contributed by atoms with Crippen LogP contribution in [-0.4, -0.2) is 25.4 Å². The lowest BCUT2D eigenvalue weighted by atomic mass is 10.1. The van der Waals surface area contributed by atoms with Crippen LogP contribution >= 0.6 is 11.6 Å². The van der Waals surface area contributed by atoms with Gasteiger partial charge in [0.05, 0.1) is 18.7 Å². The van der Waals surface area contributed by atoms with Gasteiger partial charge in [0.25, 0.3) is 0 Å². The van der Waals surface area contributed by atoms with Crippen molar-refractivity contribution in [2.75, 3.05) is 20.3 Å². The summed E-state index contributed by atoms with van der Waals surface area (Å²) in [6.45, 7) is 3.72. The molecule has 0 aliphatic carbocycles. The maximum atomic E-state index is 10.2. The average molecular weight is 337 g/mol. The molecule has 0 unspecified atom stereocenters. The molecule has 124 valence electrons. The number of benzene rings is 2. The second kappa shape index (κ2) is 8.77. The monoisotopic (exact) mass is 336 g/mol. The molecule has 0 radical (unpaired) electrons. The number of aliphatic hydroxyl groups is 1. The van der Waals surface area contributed by atoms with Gasteiger partial charge in [0.15, 0.2) is 11.5 Å². The fourth-order valence-electron chi connectivity index (χ4n) is 2.39. The van der Waals surface area contributed by atoms with E-state index in [0.717, 1.165) is 11.1 Å². The van der Waals surface area contributed by atoms with E-state index in [-0.39, 0.29) is 0 Å². The van der Waals surface area contributed by atoms with Crippen LogP contribution in [0, 0.1) is 0 Å². The first-order valence-corrected chi connectivity index (χ1v) is 8.07. The minimum Gasteiger partial charge on any atom is -0.493 e. The van der Waals surface area contributed by atoms with Crippen LogP contribution in [0.3, 0.4) is 0 Å². The highest BCUT2D eigenvalue weighted by atomic mass is 35.5. The highest BCUT2D eigenvalue weighted by Gasteiger charge is 2.13. The molecule has 0 fully saturated rings. The standard InChI is InChI=1S/C18H22ClNO3/c1-3-23-18-15(19)9-13(10-17(18)22-2)11-20-12-16(21)14-7-5-4-6-8-14/h4-10,16,20-21H,3,11-12H2,1-2H3/p+1/t16-/m0/s1. The number of methoxy groups -OCH3 is 1. The second-order valence-corrected chi connectivity index (χ2v) is 5.60. The zero-order chi connectivity index (χ0) is 16.7. The molecule has 0 aliphatic heterocycles. The molecule has 0 aliphatic rings. The summed E-state index contributed by atoms with van der Waals surface area (Å²) in [5, 5.41) is 12.8. The summed E-state index contributed by atoms with van der Waals surface area (Å²) >= 11 is 6.26. The van der Waals surface area contributed by atoms with Gasteiger partial charge in [-0.3, -0.25) is 0 Å². The van der Waals surface area contributed by atoms with Crippen LogP contribution in [0.25, 0.3) is 0 Å². The summed E-state index contributed by atoms with van der Waals surface area (Å²) in [7, 11) is 1.60. The molecular weight excluding hydrogens is 314 g/mol. The van der Waals surface area contributed by atoms with Crippen LogP contribution in [-0.2, 0) is 6.54 Å². The molecule has 2 aromatic carbocycles. The first-order valence-electron chi connectivity index (χ1n) is 7.69. The van der Waals surface area contributed by atoms with Crippen molar-refractivity contribution in [2.45, 2.75) is 19.6 Å². The number of halogens is 1. The van der Waals surface area contributed by atoms with Gasteiger partial charge in [-0.05, 0) is 24.6 Å². The van der Waals surface area contributed by atoms with Gasteiger partial charge >= 0.3 is 0 Å². The zero-order valence-electron chi connectivity index (χ0n) is 13.5. The molecule has 0 saturated carbocycles. The topological polar surface area (TPSA) is 55.3 Å². The first kappa shape index (κ1) is 17.6. The molecule has 2 aromatic rings. The molecule has 3 N–H and O–H groups in total. The Balaban J connectivity index is 1.97. The summed E-state index contributed by atoms with van der Waals surface area (Å²) in [6.07, 6.45) is -0.490. The lowest BCUT2D eigenvalue weighted by molar-refractivity contribution is -0.677. The van der Waals surface area contributed by atoms with Crippen molar-refractivity contribution in [1.29, 1.82) is 0 Å². The molecule has 1 atom stereocenters. The highest BCUT2D eigenvalue weighted by molar-refractivity contribution is 6.32. The fourth-order valence-corrected chi connectivity index (χ4v) is 2.68. The Morgan fingerprint density at radius 3 is 2.61 bits per heavy atom. The van der Waals surface area contributed by atoms with E-state index in [0.29, 0.717) is 36.2 Å². The third-order valence-electron chi connectivity index (χ3n) is 3.53. The van der Waals surface area contributed by atoms with Crippen molar-refractivity contribution in [3.63, 3.8) is 0 Å². The lowest BCUT2D eigenvalue weighted by Gasteiger charge is -2.13. The summed E-state index contributed by atoms with van der Waals surface area (Å²) in [6, 6.07) is 13.4. The number of rotatable bonds is 8. The predicted molar refractivity (Wildman–Crippen MR) is 91.1 cm³/mol. The molecule has 0 bridgehead atoms. The normalized spacial score (nSPS) is 12.0. The zero-order valence-corrected chi connectivity index (χ0v) is 14.2. The molecule has 23 heavy (non-hydrogen) atoms. The van der Waals surface area contributed by atoms with E-state index >= 15 is 0 Å². The van der Waals surface area contributed by atoms with Crippen LogP contribution in [0.2, 0.25) is 5.02 Å². The van der Waals surface area contributed by atoms with Crippen molar-refractivity contribution in [3.05, 3.63) is 58.6 Å². The molecular formula is C18H23ClNO3+. The van der Waals surface area contributed by atoms with Crippen LogP contribution in [0.4, 0.5) is 0 Å². The quantitative estimate of drug-likeness (QED) is 0.779. The molecule has 5 heteroatoms. The van der Waals surface area contributed by atoms with Gasteiger partial charge in [-0.15, -0.1) is 0 Å². The van der Waals surface area contributed by atoms with E-state index in [1.165, 1.54) is 0 Å². The van der Waals surface area contributed by atoms with Gasteiger partial charge < -0.3 is 19.9 Å².